The maximum absolute atomic E-state index is 10.8. The van der Waals surface area contributed by atoms with E-state index in [2.05, 4.69) is 4.99 Å². The first-order valence-corrected chi connectivity index (χ1v) is 6.62. The second-order valence-electron chi connectivity index (χ2n) is 4.76. The lowest BCUT2D eigenvalue weighted by Gasteiger charge is -2.26. The zero-order valence-corrected chi connectivity index (χ0v) is 11.1. The van der Waals surface area contributed by atoms with Gasteiger partial charge in [-0.05, 0) is 31.9 Å². The molecule has 1 aromatic carbocycles. The van der Waals surface area contributed by atoms with Crippen molar-refractivity contribution in [2.75, 3.05) is 13.7 Å². The second-order valence-corrected chi connectivity index (χ2v) is 4.76. The molecule has 18 heavy (non-hydrogen) atoms. The summed E-state index contributed by atoms with van der Waals surface area (Å²) in [7, 11) is 1.65. The SMILES string of the molecule is CCN=C(c1ccccc1OC)C1(O)CCCC1. The van der Waals surface area contributed by atoms with Crippen molar-refractivity contribution in [3.63, 3.8) is 0 Å². The van der Waals surface area contributed by atoms with Crippen LogP contribution >= 0.6 is 0 Å². The Morgan fingerprint density at radius 3 is 2.61 bits per heavy atom. The summed E-state index contributed by atoms with van der Waals surface area (Å²) in [4.78, 5) is 4.54. The molecule has 3 heteroatoms. The molecule has 2 rings (SSSR count). The fourth-order valence-corrected chi connectivity index (χ4v) is 2.68. The van der Waals surface area contributed by atoms with Crippen molar-refractivity contribution < 1.29 is 9.84 Å². The number of hydrogen-bond acceptors (Lipinski definition) is 3. The van der Waals surface area contributed by atoms with E-state index in [0.717, 1.165) is 42.7 Å². The molecule has 0 aromatic heterocycles. The molecule has 0 unspecified atom stereocenters. The number of hydrogen-bond donors (Lipinski definition) is 1. The van der Waals surface area contributed by atoms with E-state index in [9.17, 15) is 5.11 Å². The van der Waals surface area contributed by atoms with Crippen LogP contribution in [0.1, 0.15) is 38.2 Å². The molecule has 0 radical (unpaired) electrons. The Kier molecular flexibility index (Phi) is 4.02. The van der Waals surface area contributed by atoms with Crippen LogP contribution in [0, 0.1) is 0 Å². The van der Waals surface area contributed by atoms with E-state index < -0.39 is 5.60 Å². The summed E-state index contributed by atoms with van der Waals surface area (Å²) < 4.78 is 5.39. The summed E-state index contributed by atoms with van der Waals surface area (Å²) in [5.41, 5.74) is 0.941. The predicted molar refractivity (Wildman–Crippen MR) is 73.5 cm³/mol. The Hall–Kier alpha value is -1.35. The van der Waals surface area contributed by atoms with Crippen molar-refractivity contribution in [1.82, 2.24) is 0 Å². The lowest BCUT2D eigenvalue weighted by atomic mass is 9.89. The maximum Gasteiger partial charge on any atom is 0.128 e. The molecule has 0 spiro atoms. The molecule has 0 amide bonds. The molecule has 0 atom stereocenters. The highest BCUT2D eigenvalue weighted by molar-refractivity contribution is 6.08. The van der Waals surface area contributed by atoms with Crippen LogP contribution in [-0.2, 0) is 0 Å². The van der Waals surface area contributed by atoms with Crippen LogP contribution in [-0.4, -0.2) is 30.1 Å². The zero-order valence-electron chi connectivity index (χ0n) is 11.1. The fraction of sp³-hybridized carbons (Fsp3) is 0.533. The molecule has 1 aromatic rings. The Morgan fingerprint density at radius 1 is 1.33 bits per heavy atom. The summed E-state index contributed by atoms with van der Waals surface area (Å²) in [6, 6.07) is 7.79. The number of benzene rings is 1. The quantitative estimate of drug-likeness (QED) is 0.831. The van der Waals surface area contributed by atoms with Crippen molar-refractivity contribution in [2.45, 2.75) is 38.2 Å². The van der Waals surface area contributed by atoms with Crippen LogP contribution < -0.4 is 4.74 Å². The average Bonchev–Trinajstić information content (AvgIpc) is 2.84. The van der Waals surface area contributed by atoms with E-state index in [1.165, 1.54) is 0 Å². The van der Waals surface area contributed by atoms with Gasteiger partial charge in [0.15, 0.2) is 0 Å². The van der Waals surface area contributed by atoms with Crippen molar-refractivity contribution >= 4 is 5.71 Å². The molecular formula is C15H21NO2. The van der Waals surface area contributed by atoms with Crippen LogP contribution in [0.25, 0.3) is 0 Å². The van der Waals surface area contributed by atoms with Crippen LogP contribution in [0.5, 0.6) is 5.75 Å². The normalized spacial score (nSPS) is 18.9. The van der Waals surface area contributed by atoms with Gasteiger partial charge in [0.05, 0.1) is 12.8 Å². The highest BCUT2D eigenvalue weighted by atomic mass is 16.5. The first-order valence-electron chi connectivity index (χ1n) is 6.62. The molecule has 1 fully saturated rings. The van der Waals surface area contributed by atoms with Gasteiger partial charge in [0.25, 0.3) is 0 Å². The number of aliphatic imine (C=N–C) groups is 1. The number of nitrogens with zero attached hydrogens (tertiary/aromatic N) is 1. The van der Waals surface area contributed by atoms with Crippen molar-refractivity contribution in [2.24, 2.45) is 4.99 Å². The van der Waals surface area contributed by atoms with E-state index in [4.69, 9.17) is 4.74 Å². The lowest BCUT2D eigenvalue weighted by molar-refractivity contribution is 0.120. The Labute approximate surface area is 109 Å². The number of rotatable bonds is 4. The Bertz CT molecular complexity index is 434. The Morgan fingerprint density at radius 2 is 2.00 bits per heavy atom. The molecule has 0 aliphatic heterocycles. The smallest absolute Gasteiger partial charge is 0.128 e. The summed E-state index contributed by atoms with van der Waals surface area (Å²) >= 11 is 0. The molecule has 0 heterocycles. The molecule has 3 nitrogen and oxygen atoms in total. The first kappa shape index (κ1) is 13.1. The monoisotopic (exact) mass is 247 g/mol. The summed E-state index contributed by atoms with van der Waals surface area (Å²) in [5.74, 6) is 0.782. The number of ether oxygens (including phenoxy) is 1. The van der Waals surface area contributed by atoms with Crippen LogP contribution in [0.3, 0.4) is 0 Å². The van der Waals surface area contributed by atoms with Gasteiger partial charge in [-0.25, -0.2) is 0 Å². The van der Waals surface area contributed by atoms with Gasteiger partial charge in [-0.2, -0.15) is 0 Å². The largest absolute Gasteiger partial charge is 0.496 e. The van der Waals surface area contributed by atoms with Crippen LogP contribution in [0.15, 0.2) is 29.3 Å². The topological polar surface area (TPSA) is 41.8 Å². The lowest BCUT2D eigenvalue weighted by Crippen LogP contribution is -2.36. The number of para-hydroxylation sites is 1. The standard InChI is InChI=1S/C15H21NO2/c1-3-16-14(15(17)10-6-7-11-15)12-8-4-5-9-13(12)18-2/h4-5,8-9,17H,3,6-7,10-11H2,1-2H3. The van der Waals surface area contributed by atoms with Crippen molar-refractivity contribution in [1.29, 1.82) is 0 Å². The van der Waals surface area contributed by atoms with Gasteiger partial charge in [0, 0.05) is 12.1 Å². The van der Waals surface area contributed by atoms with Gasteiger partial charge in [-0.3, -0.25) is 4.99 Å². The first-order chi connectivity index (χ1) is 8.71. The zero-order chi connectivity index (χ0) is 13.0. The van der Waals surface area contributed by atoms with Crippen molar-refractivity contribution in [3.8, 4) is 5.75 Å². The highest BCUT2D eigenvalue weighted by Crippen LogP contribution is 2.35. The van der Waals surface area contributed by atoms with Crippen LogP contribution in [0.4, 0.5) is 0 Å². The van der Waals surface area contributed by atoms with Gasteiger partial charge >= 0.3 is 0 Å². The predicted octanol–water partition coefficient (Wildman–Crippen LogP) is 2.81. The van der Waals surface area contributed by atoms with Gasteiger partial charge in [0.2, 0.25) is 0 Å². The van der Waals surface area contributed by atoms with E-state index in [1.807, 2.05) is 31.2 Å². The minimum absolute atomic E-state index is 0.676. The van der Waals surface area contributed by atoms with E-state index in [0.29, 0.717) is 6.54 Å². The summed E-state index contributed by atoms with van der Waals surface area (Å²) in [6.45, 7) is 2.67. The molecular weight excluding hydrogens is 226 g/mol. The van der Waals surface area contributed by atoms with Gasteiger partial charge in [-0.15, -0.1) is 0 Å². The molecule has 0 bridgehead atoms. The number of aliphatic hydroxyl groups is 1. The van der Waals surface area contributed by atoms with Crippen molar-refractivity contribution in [3.05, 3.63) is 29.8 Å². The van der Waals surface area contributed by atoms with E-state index in [1.54, 1.807) is 7.11 Å². The highest BCUT2D eigenvalue weighted by Gasteiger charge is 2.38. The maximum atomic E-state index is 10.8. The fourth-order valence-electron chi connectivity index (χ4n) is 2.68. The van der Waals surface area contributed by atoms with Crippen LogP contribution in [0.2, 0.25) is 0 Å². The second kappa shape index (κ2) is 5.53. The molecule has 1 aliphatic rings. The van der Waals surface area contributed by atoms with Gasteiger partial charge in [-0.1, -0.05) is 25.0 Å². The molecule has 1 saturated carbocycles. The molecule has 1 aliphatic carbocycles. The van der Waals surface area contributed by atoms with Gasteiger partial charge in [0.1, 0.15) is 11.4 Å². The molecule has 1 N–H and O–H groups in total. The third-order valence-corrected chi connectivity index (χ3v) is 3.55. The molecule has 98 valence electrons. The Balaban J connectivity index is 2.45. The average molecular weight is 247 g/mol. The van der Waals surface area contributed by atoms with Gasteiger partial charge < -0.3 is 9.84 Å². The minimum atomic E-state index is -0.773. The molecule has 0 saturated heterocycles. The summed E-state index contributed by atoms with van der Waals surface area (Å²) in [6.07, 6.45) is 3.72. The minimum Gasteiger partial charge on any atom is -0.496 e. The number of methoxy groups -OCH3 is 1. The third-order valence-electron chi connectivity index (χ3n) is 3.55. The van der Waals surface area contributed by atoms with E-state index in [-0.39, 0.29) is 0 Å². The summed E-state index contributed by atoms with van der Waals surface area (Å²) in [5, 5.41) is 10.8. The van der Waals surface area contributed by atoms with E-state index >= 15 is 0 Å². The third kappa shape index (κ3) is 2.41.